The van der Waals surface area contributed by atoms with Gasteiger partial charge in [0.25, 0.3) is 11.7 Å². The van der Waals surface area contributed by atoms with Crippen LogP contribution in [-0.4, -0.2) is 95.4 Å². The fourth-order valence-corrected chi connectivity index (χ4v) is 8.60. The van der Waals surface area contributed by atoms with Crippen molar-refractivity contribution < 1.29 is 57.5 Å². The van der Waals surface area contributed by atoms with Gasteiger partial charge in [-0.3, -0.25) is 24.0 Å². The molecule has 4 aliphatic heterocycles. The minimum absolute atomic E-state index is 0.0350. The van der Waals surface area contributed by atoms with Crippen molar-refractivity contribution in [1.82, 2.24) is 10.2 Å². The van der Waals surface area contributed by atoms with E-state index in [1.54, 1.807) is 43.9 Å². The van der Waals surface area contributed by atoms with Crippen LogP contribution in [0.3, 0.4) is 0 Å². The minimum atomic E-state index is -2.03. The third-order valence-electron chi connectivity index (χ3n) is 11.8. The Morgan fingerprint density at radius 2 is 1.53 bits per heavy atom. The number of aromatic hydroxyl groups is 1. The second-order valence-electron chi connectivity index (χ2n) is 16.3. The number of hydrogen-bond donors (Lipinski definition) is 2. The van der Waals surface area contributed by atoms with Crippen LogP contribution in [0.4, 0.5) is 0 Å². The molecule has 0 radical (unpaired) electrons. The fraction of sp³-hybridized carbons (Fsp3) is 0.568. The molecule has 1 aliphatic carbocycles. The number of nitrogens with zero attached hydrogens (tertiary/aromatic N) is 1. The van der Waals surface area contributed by atoms with Crippen molar-refractivity contribution in [1.29, 1.82) is 0 Å². The maximum absolute atomic E-state index is 14.6. The van der Waals surface area contributed by atoms with Gasteiger partial charge in [0, 0.05) is 68.9 Å². The molecule has 0 saturated carbocycles. The van der Waals surface area contributed by atoms with E-state index in [0.717, 1.165) is 0 Å². The lowest BCUT2D eigenvalue weighted by Crippen LogP contribution is -2.56. The number of esters is 1. The van der Waals surface area contributed by atoms with Gasteiger partial charge in [-0.25, -0.2) is 0 Å². The van der Waals surface area contributed by atoms with E-state index in [0.29, 0.717) is 0 Å². The summed E-state index contributed by atoms with van der Waals surface area (Å²) in [5, 5.41) is 14.2. The summed E-state index contributed by atoms with van der Waals surface area (Å²) in [6.07, 6.45) is 5.88. The third kappa shape index (κ3) is 7.98. The molecule has 1 aromatic rings. The van der Waals surface area contributed by atoms with Crippen molar-refractivity contribution in [3.63, 3.8) is 0 Å². The quantitative estimate of drug-likeness (QED) is 0.327. The molecule has 6 rings (SSSR count). The van der Waals surface area contributed by atoms with Gasteiger partial charge in [0.1, 0.15) is 29.0 Å². The van der Waals surface area contributed by atoms with Crippen LogP contribution in [0.5, 0.6) is 11.5 Å². The number of phenols is 1. The van der Waals surface area contributed by atoms with E-state index in [2.05, 4.69) is 5.32 Å². The lowest BCUT2D eigenvalue weighted by molar-refractivity contribution is -0.336. The first-order valence-corrected chi connectivity index (χ1v) is 19.9. The van der Waals surface area contributed by atoms with Gasteiger partial charge in [0.2, 0.25) is 11.6 Å². The Hall–Kier alpha value is -4.79. The Balaban J connectivity index is 1.70. The van der Waals surface area contributed by atoms with Crippen LogP contribution in [0.1, 0.15) is 113 Å². The Morgan fingerprint density at radius 1 is 0.897 bits per heavy atom. The molecule has 2 N–H and O–H groups in total. The molecule has 0 aromatic heterocycles. The van der Waals surface area contributed by atoms with Gasteiger partial charge in [-0.2, -0.15) is 0 Å². The summed E-state index contributed by atoms with van der Waals surface area (Å²) in [6, 6.07) is 0. The lowest BCUT2D eigenvalue weighted by atomic mass is 9.77. The van der Waals surface area contributed by atoms with Gasteiger partial charge in [0.15, 0.2) is 5.79 Å². The van der Waals surface area contributed by atoms with Gasteiger partial charge in [-0.1, -0.05) is 45.9 Å². The molecule has 4 heterocycles. The van der Waals surface area contributed by atoms with Crippen molar-refractivity contribution in [2.75, 3.05) is 20.2 Å². The predicted octanol–water partition coefficient (Wildman–Crippen LogP) is 6.10. The lowest BCUT2D eigenvalue weighted by Gasteiger charge is -2.50. The number of ether oxygens (including phenoxy) is 6. The molecule has 7 bridgehead atoms. The first kappa shape index (κ1) is 44.3. The minimum Gasteiger partial charge on any atom is -0.507 e. The Morgan fingerprint density at radius 3 is 2.14 bits per heavy atom. The highest BCUT2D eigenvalue weighted by Gasteiger charge is 2.53. The van der Waals surface area contributed by atoms with Gasteiger partial charge in [-0.15, -0.1) is 0 Å². The van der Waals surface area contributed by atoms with E-state index in [9.17, 15) is 29.1 Å². The van der Waals surface area contributed by atoms with Crippen LogP contribution in [0.25, 0.3) is 0 Å². The normalized spacial score (nSPS) is 31.4. The maximum Gasteiger partial charge on any atom is 0.312 e. The molecule has 14 nitrogen and oxygen atoms in total. The highest BCUT2D eigenvalue weighted by Crippen LogP contribution is 2.49. The highest BCUT2D eigenvalue weighted by molar-refractivity contribution is 6.32. The first-order chi connectivity index (χ1) is 27.1. The molecule has 1 saturated heterocycles. The topological polar surface area (TPSA) is 176 Å². The summed E-state index contributed by atoms with van der Waals surface area (Å²) in [7, 11) is 1.50. The van der Waals surface area contributed by atoms with Crippen molar-refractivity contribution in [3.8, 4) is 11.5 Å². The van der Waals surface area contributed by atoms with Gasteiger partial charge >= 0.3 is 11.8 Å². The average molecular weight is 807 g/mol. The Kier molecular flexibility index (Phi) is 12.9. The summed E-state index contributed by atoms with van der Waals surface area (Å²) in [5.74, 6) is -8.36. The van der Waals surface area contributed by atoms with Crippen molar-refractivity contribution in [2.45, 2.75) is 119 Å². The summed E-state index contributed by atoms with van der Waals surface area (Å²) in [4.78, 5) is 71.5. The van der Waals surface area contributed by atoms with E-state index in [1.165, 1.54) is 34.1 Å². The number of methoxy groups -OCH3 is 1. The Labute approximate surface area is 340 Å². The molecule has 9 atom stereocenters. The van der Waals surface area contributed by atoms with E-state index >= 15 is 0 Å². The van der Waals surface area contributed by atoms with E-state index in [4.69, 9.17) is 28.4 Å². The number of likely N-dealkylation sites (N-methyl/N-ethyl adjacent to an activating group) is 1. The monoisotopic (exact) mass is 806 g/mol. The largest absolute Gasteiger partial charge is 0.507 e. The molecule has 5 aliphatic rings. The van der Waals surface area contributed by atoms with E-state index < -0.39 is 76.3 Å². The number of fused-ring (bicyclic) bond motifs is 10. The molecule has 1 fully saturated rings. The van der Waals surface area contributed by atoms with Crippen molar-refractivity contribution in [3.05, 3.63) is 69.8 Å². The van der Waals surface area contributed by atoms with Crippen LogP contribution in [0.15, 0.2) is 47.5 Å². The number of allylic oxidation sites excluding steroid dienone is 4. The smallest absolute Gasteiger partial charge is 0.312 e. The first-order valence-electron chi connectivity index (χ1n) is 19.9. The predicted molar refractivity (Wildman–Crippen MR) is 213 cm³/mol. The summed E-state index contributed by atoms with van der Waals surface area (Å²) in [5.41, 5.74) is -1.14. The maximum atomic E-state index is 14.6. The number of rotatable bonds is 5. The van der Waals surface area contributed by atoms with E-state index in [1.807, 2.05) is 47.6 Å². The van der Waals surface area contributed by atoms with Gasteiger partial charge < -0.3 is 43.7 Å². The van der Waals surface area contributed by atoms with E-state index in [-0.39, 0.29) is 76.4 Å². The fourth-order valence-electron chi connectivity index (χ4n) is 8.60. The number of carbonyl (C=O) groups is 5. The zero-order valence-electron chi connectivity index (χ0n) is 35.8. The van der Waals surface area contributed by atoms with Crippen molar-refractivity contribution >= 4 is 29.2 Å². The summed E-state index contributed by atoms with van der Waals surface area (Å²) < 4.78 is 37.0. The second-order valence-corrected chi connectivity index (χ2v) is 16.3. The molecule has 1 amide bonds. The average Bonchev–Trinajstić information content (AvgIpc) is 3.43. The number of hydrogen-bond acceptors (Lipinski definition) is 13. The van der Waals surface area contributed by atoms with Gasteiger partial charge in [-0.05, 0) is 47.6 Å². The molecule has 14 heteroatoms. The SMILES string of the molecule is CCN(CC)C1=C2NC(=O)C(C)=CC=C[C@H](C)[C@H]3OC(C)(C)O[C@@H]([C@H](C)[C@H](OC(C)=O)[C@H](C)[C@@H](OC)C=CO[C@@]4(C)Oc5c(C)c(O)c(c(c5C4=O)C1=O)C2=O)[C@@H]3C. The molecular weight excluding hydrogens is 748 g/mol. The van der Waals surface area contributed by atoms with Crippen LogP contribution in [0.2, 0.25) is 0 Å². The number of phenolic OH excluding ortho intramolecular Hbond substituents is 1. The molecule has 0 spiro atoms. The Bertz CT molecular complexity index is 1990. The number of carbonyl (C=O) groups excluding carboxylic acids is 5. The summed E-state index contributed by atoms with van der Waals surface area (Å²) in [6.45, 7) is 21.4. The van der Waals surface area contributed by atoms with Gasteiger partial charge in [0.05, 0.1) is 41.3 Å². The molecular formula is C44H58N2O12. The van der Waals surface area contributed by atoms with Crippen LogP contribution >= 0.6 is 0 Å². The van der Waals surface area contributed by atoms with Crippen LogP contribution in [0, 0.1) is 30.6 Å². The van der Waals surface area contributed by atoms with Crippen molar-refractivity contribution in [2.24, 2.45) is 23.7 Å². The zero-order valence-corrected chi connectivity index (χ0v) is 35.8. The van der Waals surface area contributed by atoms with Crippen LogP contribution in [-0.2, 0) is 33.3 Å². The highest BCUT2D eigenvalue weighted by atomic mass is 16.7. The standard InChI is InChI=1S/C44H58N2O12/c1-14-46(15-2)33-32-35(49)30-29(36(33)50)31-40(24(6)34(30)48)58-44(12,41(31)51)54-20-19-28(53-13)23(5)38(55-27(9)47)26(8)39-25(7)37(56-43(10,11)57-39)21(3)17-16-18-22(4)42(52)45-32/h16-21,23,25-26,28,37-39,48H,14-15H2,1-13H3,(H,45,52)/t21-,23+,25+,26+,28-,37+,38+,39+,44-/m0/s1. The third-order valence-corrected chi connectivity index (χ3v) is 11.8. The zero-order chi connectivity index (χ0) is 43.2. The number of benzene rings is 1. The molecule has 1 aromatic carbocycles. The van der Waals surface area contributed by atoms with Crippen LogP contribution < -0.4 is 10.1 Å². The number of Topliss-reactive ketones (excluding diaryl/α,β-unsaturated/α-hetero) is 3. The number of ketones is 3. The second kappa shape index (κ2) is 16.8. The molecule has 316 valence electrons. The number of amides is 1. The summed E-state index contributed by atoms with van der Waals surface area (Å²) >= 11 is 0. The number of nitrogens with one attached hydrogen (secondary N) is 1. The molecule has 58 heavy (non-hydrogen) atoms. The molecule has 0 unspecified atom stereocenters.